The van der Waals surface area contributed by atoms with Crippen LogP contribution in [-0.2, 0) is 12.8 Å². The Morgan fingerprint density at radius 1 is 1.08 bits per heavy atom. The number of amides is 1. The summed E-state index contributed by atoms with van der Waals surface area (Å²) in [5.74, 6) is 1.26. The number of nitrogens with zero attached hydrogens (tertiary/aromatic N) is 2. The van der Waals surface area contributed by atoms with E-state index in [1.807, 2.05) is 47.4 Å². The fraction of sp³-hybridized carbons (Fsp3) is 0.238. The van der Waals surface area contributed by atoms with E-state index in [0.29, 0.717) is 24.7 Å². The highest BCUT2D eigenvalue weighted by Gasteiger charge is 2.24. The number of carbonyl (C=O) groups excluding carboxylic acids is 1. The van der Waals surface area contributed by atoms with Crippen LogP contribution in [0.1, 0.15) is 21.6 Å². The van der Waals surface area contributed by atoms with Gasteiger partial charge in [0.15, 0.2) is 5.69 Å². The minimum Gasteiger partial charge on any atom is -0.496 e. The number of fused-ring (bicyclic) bond motifs is 1. The Bertz CT molecular complexity index is 918. The minimum atomic E-state index is -0.0947. The van der Waals surface area contributed by atoms with Crippen LogP contribution >= 0.6 is 0 Å². The molecule has 0 saturated carbocycles. The maximum absolute atomic E-state index is 12.9. The Kier molecular flexibility index (Phi) is 4.44. The molecule has 0 atom stereocenters. The summed E-state index contributed by atoms with van der Waals surface area (Å²) in [6, 6.07) is 15.7. The van der Waals surface area contributed by atoms with Gasteiger partial charge in [-0.3, -0.25) is 4.79 Å². The zero-order valence-electron chi connectivity index (χ0n) is 14.6. The van der Waals surface area contributed by atoms with Gasteiger partial charge in [0.25, 0.3) is 5.91 Å². The number of rotatable bonds is 3. The molecule has 0 fully saturated rings. The van der Waals surface area contributed by atoms with Crippen molar-refractivity contribution in [2.24, 2.45) is 0 Å². The molecule has 1 aliphatic rings. The molecule has 0 spiro atoms. The second-order valence-corrected chi connectivity index (χ2v) is 6.29. The number of benzene rings is 2. The molecule has 2 heterocycles. The monoisotopic (exact) mass is 348 g/mol. The molecular weight excluding hydrogens is 328 g/mol. The van der Waals surface area contributed by atoms with E-state index in [2.05, 4.69) is 11.1 Å². The molecule has 1 aliphatic heterocycles. The molecule has 132 valence electrons. The van der Waals surface area contributed by atoms with Crippen molar-refractivity contribution < 1.29 is 13.9 Å². The van der Waals surface area contributed by atoms with Gasteiger partial charge in [0.1, 0.15) is 12.0 Å². The molecule has 0 radical (unpaired) electrons. The van der Waals surface area contributed by atoms with Gasteiger partial charge in [-0.25, -0.2) is 4.98 Å². The lowest BCUT2D eigenvalue weighted by atomic mass is 10.0. The van der Waals surface area contributed by atoms with Gasteiger partial charge in [-0.15, -0.1) is 0 Å². The lowest BCUT2D eigenvalue weighted by Crippen LogP contribution is -2.33. The molecule has 0 unspecified atom stereocenters. The highest BCUT2D eigenvalue weighted by Crippen LogP contribution is 2.26. The molecule has 0 bridgehead atoms. The van der Waals surface area contributed by atoms with E-state index >= 15 is 0 Å². The molecule has 2 aromatic carbocycles. The number of hydrogen-bond donors (Lipinski definition) is 0. The molecule has 1 amide bonds. The Labute approximate surface area is 152 Å². The molecule has 0 aliphatic carbocycles. The van der Waals surface area contributed by atoms with E-state index in [4.69, 9.17) is 9.15 Å². The van der Waals surface area contributed by atoms with E-state index in [1.54, 1.807) is 7.11 Å². The SMILES string of the molecule is COc1cccc2c1CCN(C(=O)c1coc(-c3ccccc3)n1)CC2. The van der Waals surface area contributed by atoms with Crippen molar-refractivity contribution in [2.45, 2.75) is 12.8 Å². The highest BCUT2D eigenvalue weighted by atomic mass is 16.5. The quantitative estimate of drug-likeness (QED) is 0.726. The van der Waals surface area contributed by atoms with Gasteiger partial charge < -0.3 is 14.1 Å². The van der Waals surface area contributed by atoms with E-state index < -0.39 is 0 Å². The number of carbonyl (C=O) groups is 1. The normalized spacial score (nSPS) is 13.8. The summed E-state index contributed by atoms with van der Waals surface area (Å²) in [5, 5.41) is 0. The summed E-state index contributed by atoms with van der Waals surface area (Å²) in [4.78, 5) is 19.1. The van der Waals surface area contributed by atoms with Gasteiger partial charge in [-0.05, 0) is 42.2 Å². The van der Waals surface area contributed by atoms with Crippen molar-refractivity contribution in [3.63, 3.8) is 0 Å². The van der Waals surface area contributed by atoms with Crippen molar-refractivity contribution in [1.29, 1.82) is 0 Å². The summed E-state index contributed by atoms with van der Waals surface area (Å²) >= 11 is 0. The van der Waals surface area contributed by atoms with E-state index in [0.717, 1.165) is 24.2 Å². The first-order chi connectivity index (χ1) is 12.8. The molecule has 1 aromatic heterocycles. The van der Waals surface area contributed by atoms with Crippen LogP contribution in [0.2, 0.25) is 0 Å². The molecule has 5 nitrogen and oxygen atoms in total. The third-order valence-corrected chi connectivity index (χ3v) is 4.76. The van der Waals surface area contributed by atoms with Gasteiger partial charge in [0.2, 0.25) is 5.89 Å². The van der Waals surface area contributed by atoms with Crippen LogP contribution in [0, 0.1) is 0 Å². The Balaban J connectivity index is 1.52. The van der Waals surface area contributed by atoms with Crippen molar-refractivity contribution in [3.05, 3.63) is 71.6 Å². The Hall–Kier alpha value is -3.08. The summed E-state index contributed by atoms with van der Waals surface area (Å²) in [6.07, 6.45) is 3.03. The summed E-state index contributed by atoms with van der Waals surface area (Å²) < 4.78 is 11.0. The summed E-state index contributed by atoms with van der Waals surface area (Å²) in [6.45, 7) is 1.30. The fourth-order valence-corrected chi connectivity index (χ4v) is 3.38. The predicted octanol–water partition coefficient (Wildman–Crippen LogP) is 3.59. The van der Waals surface area contributed by atoms with Gasteiger partial charge in [-0.2, -0.15) is 0 Å². The lowest BCUT2D eigenvalue weighted by molar-refractivity contribution is 0.0757. The van der Waals surface area contributed by atoms with E-state index in [9.17, 15) is 4.79 Å². The topological polar surface area (TPSA) is 55.6 Å². The van der Waals surface area contributed by atoms with Crippen LogP contribution in [0.4, 0.5) is 0 Å². The molecule has 0 saturated heterocycles. The third kappa shape index (κ3) is 3.08. The van der Waals surface area contributed by atoms with Gasteiger partial charge >= 0.3 is 0 Å². The van der Waals surface area contributed by atoms with Gasteiger partial charge in [0.05, 0.1) is 7.11 Å². The summed E-state index contributed by atoms with van der Waals surface area (Å²) in [5.41, 5.74) is 3.64. The first kappa shape index (κ1) is 16.4. The number of methoxy groups -OCH3 is 1. The molecule has 0 N–H and O–H groups in total. The zero-order chi connectivity index (χ0) is 17.9. The first-order valence-electron chi connectivity index (χ1n) is 8.71. The largest absolute Gasteiger partial charge is 0.496 e. The van der Waals surface area contributed by atoms with Crippen molar-refractivity contribution >= 4 is 5.91 Å². The highest BCUT2D eigenvalue weighted by molar-refractivity contribution is 5.92. The predicted molar refractivity (Wildman–Crippen MR) is 98.2 cm³/mol. The number of ether oxygens (including phenoxy) is 1. The van der Waals surface area contributed by atoms with Crippen LogP contribution in [0.3, 0.4) is 0 Å². The van der Waals surface area contributed by atoms with E-state index in [1.165, 1.54) is 17.4 Å². The number of hydrogen-bond acceptors (Lipinski definition) is 4. The standard InChI is InChI=1S/C21H20N2O3/c1-25-19-9-5-8-15-10-12-23(13-11-17(15)19)21(24)18-14-26-20(22-18)16-6-3-2-4-7-16/h2-9,14H,10-13H2,1H3. The second kappa shape index (κ2) is 7.04. The fourth-order valence-electron chi connectivity index (χ4n) is 3.38. The minimum absolute atomic E-state index is 0.0947. The Morgan fingerprint density at radius 2 is 1.88 bits per heavy atom. The Morgan fingerprint density at radius 3 is 2.69 bits per heavy atom. The van der Waals surface area contributed by atoms with Crippen LogP contribution in [0.5, 0.6) is 5.75 Å². The zero-order valence-corrected chi connectivity index (χ0v) is 14.6. The average molecular weight is 348 g/mol. The number of aromatic nitrogens is 1. The van der Waals surface area contributed by atoms with Crippen LogP contribution < -0.4 is 4.74 Å². The van der Waals surface area contributed by atoms with Crippen LogP contribution in [0.15, 0.2) is 59.2 Å². The summed E-state index contributed by atoms with van der Waals surface area (Å²) in [7, 11) is 1.68. The first-order valence-corrected chi connectivity index (χ1v) is 8.71. The molecule has 3 aromatic rings. The molecule has 4 rings (SSSR count). The number of oxazole rings is 1. The van der Waals surface area contributed by atoms with Crippen molar-refractivity contribution in [3.8, 4) is 17.2 Å². The molecule has 26 heavy (non-hydrogen) atoms. The third-order valence-electron chi connectivity index (χ3n) is 4.76. The van der Waals surface area contributed by atoms with Crippen molar-refractivity contribution in [2.75, 3.05) is 20.2 Å². The maximum atomic E-state index is 12.9. The molecule has 5 heteroatoms. The van der Waals surface area contributed by atoms with Crippen molar-refractivity contribution in [1.82, 2.24) is 9.88 Å². The maximum Gasteiger partial charge on any atom is 0.275 e. The van der Waals surface area contributed by atoms with Gasteiger partial charge in [-0.1, -0.05) is 30.3 Å². The smallest absolute Gasteiger partial charge is 0.275 e. The van der Waals surface area contributed by atoms with Crippen LogP contribution in [0.25, 0.3) is 11.5 Å². The second-order valence-electron chi connectivity index (χ2n) is 6.29. The average Bonchev–Trinajstić information content (AvgIpc) is 3.08. The molecular formula is C21H20N2O3. The van der Waals surface area contributed by atoms with Gasteiger partial charge in [0, 0.05) is 18.7 Å². The van der Waals surface area contributed by atoms with E-state index in [-0.39, 0.29) is 5.91 Å². The van der Waals surface area contributed by atoms with Crippen LogP contribution in [-0.4, -0.2) is 36.0 Å². The lowest BCUT2D eigenvalue weighted by Gasteiger charge is -2.18.